The second kappa shape index (κ2) is 13.3. The van der Waals surface area contributed by atoms with Crippen molar-refractivity contribution < 1.29 is 54.2 Å². The largest absolute Gasteiger partial charge is 0.432 e. The van der Waals surface area contributed by atoms with E-state index in [1.807, 2.05) is 37.3 Å². The van der Waals surface area contributed by atoms with Gasteiger partial charge in [-0.25, -0.2) is 0 Å². The predicted octanol–water partition coefficient (Wildman–Crippen LogP) is -0.390. The fourth-order valence-corrected chi connectivity index (χ4v) is 9.82. The number of carbonyl (C=O) groups is 3. The monoisotopic (exact) mass is 673 g/mol. The third-order valence-electron chi connectivity index (χ3n) is 9.54. The highest BCUT2D eigenvalue weighted by Crippen LogP contribution is 2.59. The first kappa shape index (κ1) is 35.1. The molecule has 2 saturated heterocycles. The van der Waals surface area contributed by atoms with Crippen molar-refractivity contribution in [2.45, 2.75) is 80.9 Å². The molecule has 0 radical (unpaired) electrons. The SMILES string of the molecule is C[C@H]1[C@H]([Si](C)(C)O)[C@@H](CC(=O)N(CCO)Cc2ccccc2)O[C@]12C(=O)N(C)c1ccc(NC(=O)[C@H]3O[C@@H](O)[C@H](O)[C@@H](O)[C@@H]3O)cc12. The lowest BCUT2D eigenvalue weighted by atomic mass is 9.82. The van der Waals surface area contributed by atoms with Crippen LogP contribution < -0.4 is 10.2 Å². The number of aliphatic hydroxyl groups is 5. The maximum absolute atomic E-state index is 14.1. The summed E-state index contributed by atoms with van der Waals surface area (Å²) in [4.78, 5) is 55.4. The molecule has 5 rings (SSSR count). The van der Waals surface area contributed by atoms with Crippen molar-refractivity contribution in [2.75, 3.05) is 30.4 Å². The number of amides is 3. The zero-order valence-corrected chi connectivity index (χ0v) is 27.7. The fraction of sp³-hybridized carbons (Fsp3) is 0.531. The number of hydrogen-bond donors (Lipinski definition) is 7. The van der Waals surface area contributed by atoms with Crippen LogP contribution in [0.3, 0.4) is 0 Å². The molecule has 9 atom stereocenters. The van der Waals surface area contributed by atoms with Crippen LogP contribution in [-0.4, -0.2) is 118 Å². The van der Waals surface area contributed by atoms with Gasteiger partial charge in [-0.1, -0.05) is 37.3 Å². The van der Waals surface area contributed by atoms with E-state index in [1.165, 1.54) is 15.9 Å². The van der Waals surface area contributed by atoms with Crippen molar-refractivity contribution in [2.24, 2.45) is 5.92 Å². The predicted molar refractivity (Wildman–Crippen MR) is 170 cm³/mol. The highest BCUT2D eigenvalue weighted by Gasteiger charge is 2.66. The van der Waals surface area contributed by atoms with Crippen molar-refractivity contribution in [1.29, 1.82) is 0 Å². The first-order valence-electron chi connectivity index (χ1n) is 15.6. The molecule has 256 valence electrons. The topological polar surface area (TPSA) is 210 Å². The number of benzene rings is 2. The Bertz CT molecular complexity index is 1490. The van der Waals surface area contributed by atoms with Crippen molar-refractivity contribution in [1.82, 2.24) is 4.90 Å². The van der Waals surface area contributed by atoms with Crippen LogP contribution in [0.1, 0.15) is 24.5 Å². The molecule has 3 amide bonds. The van der Waals surface area contributed by atoms with Crippen LogP contribution >= 0.6 is 0 Å². The zero-order chi connectivity index (χ0) is 34.4. The Morgan fingerprint density at radius 2 is 1.72 bits per heavy atom. The molecular formula is C32H43N3O11Si. The van der Waals surface area contributed by atoms with E-state index in [1.54, 1.807) is 32.3 Å². The van der Waals surface area contributed by atoms with Gasteiger partial charge in [-0.05, 0) is 36.9 Å². The van der Waals surface area contributed by atoms with Gasteiger partial charge < -0.3 is 54.9 Å². The Hall–Kier alpha value is -3.25. The first-order chi connectivity index (χ1) is 22.1. The van der Waals surface area contributed by atoms with Crippen LogP contribution in [0.15, 0.2) is 48.5 Å². The average Bonchev–Trinajstić information content (AvgIpc) is 3.43. The van der Waals surface area contributed by atoms with E-state index in [9.17, 15) is 44.7 Å². The van der Waals surface area contributed by atoms with Gasteiger partial charge in [-0.15, -0.1) is 0 Å². The van der Waals surface area contributed by atoms with Gasteiger partial charge in [0.05, 0.1) is 24.8 Å². The van der Waals surface area contributed by atoms with E-state index in [0.29, 0.717) is 11.3 Å². The third-order valence-corrected chi connectivity index (χ3v) is 12.0. The van der Waals surface area contributed by atoms with E-state index < -0.39 is 74.0 Å². The Labute approximate surface area is 273 Å². The smallest absolute Gasteiger partial charge is 0.264 e. The lowest BCUT2D eigenvalue weighted by Gasteiger charge is -2.37. The van der Waals surface area contributed by atoms with Gasteiger partial charge >= 0.3 is 0 Å². The highest BCUT2D eigenvalue weighted by atomic mass is 28.4. The molecule has 14 nitrogen and oxygen atoms in total. The number of hydrogen-bond acceptors (Lipinski definition) is 11. The molecule has 0 saturated carbocycles. The van der Waals surface area contributed by atoms with Gasteiger partial charge in [0.15, 0.2) is 26.3 Å². The van der Waals surface area contributed by atoms with Crippen molar-refractivity contribution >= 4 is 37.4 Å². The van der Waals surface area contributed by atoms with Gasteiger partial charge in [-0.2, -0.15) is 0 Å². The number of carbonyl (C=O) groups excluding carboxylic acids is 3. The zero-order valence-electron chi connectivity index (χ0n) is 26.7. The number of rotatable bonds is 9. The van der Waals surface area contributed by atoms with E-state index in [4.69, 9.17) is 9.47 Å². The van der Waals surface area contributed by atoms with E-state index in [2.05, 4.69) is 5.32 Å². The first-order valence-corrected chi connectivity index (χ1v) is 18.6. The van der Waals surface area contributed by atoms with Crippen LogP contribution in [0, 0.1) is 5.92 Å². The number of fused-ring (bicyclic) bond motifs is 2. The molecule has 3 aliphatic heterocycles. The molecular weight excluding hydrogens is 630 g/mol. The Morgan fingerprint density at radius 1 is 1.04 bits per heavy atom. The summed E-state index contributed by atoms with van der Waals surface area (Å²) in [5.74, 6) is -2.21. The van der Waals surface area contributed by atoms with Gasteiger partial charge in [0.1, 0.15) is 18.3 Å². The quantitative estimate of drug-likeness (QED) is 0.171. The molecule has 3 heterocycles. The van der Waals surface area contributed by atoms with Crippen LogP contribution in [0.25, 0.3) is 0 Å². The van der Waals surface area contributed by atoms with Crippen LogP contribution in [0.2, 0.25) is 18.6 Å². The number of likely N-dealkylation sites (N-methyl/N-ethyl adjacent to an activating group) is 1. The maximum Gasteiger partial charge on any atom is 0.264 e. The van der Waals surface area contributed by atoms with E-state index >= 15 is 0 Å². The van der Waals surface area contributed by atoms with Gasteiger partial charge in [0, 0.05) is 42.8 Å². The Morgan fingerprint density at radius 3 is 2.36 bits per heavy atom. The molecule has 0 aromatic heterocycles. The van der Waals surface area contributed by atoms with Gasteiger partial charge in [0.2, 0.25) is 5.91 Å². The van der Waals surface area contributed by atoms with Crippen LogP contribution in [0.5, 0.6) is 0 Å². The molecule has 1 spiro atoms. The third kappa shape index (κ3) is 6.35. The summed E-state index contributed by atoms with van der Waals surface area (Å²) in [6, 6.07) is 14.0. The Balaban J connectivity index is 1.45. The van der Waals surface area contributed by atoms with Gasteiger partial charge in [-0.3, -0.25) is 14.4 Å². The Kier molecular flexibility index (Phi) is 9.95. The van der Waals surface area contributed by atoms with Crippen LogP contribution in [0.4, 0.5) is 11.4 Å². The number of aliphatic hydroxyl groups excluding tert-OH is 5. The normalized spacial score (nSPS) is 32.0. The molecule has 0 aliphatic carbocycles. The number of anilines is 2. The molecule has 2 aromatic carbocycles. The molecule has 15 heteroatoms. The lowest BCUT2D eigenvalue weighted by Crippen LogP contribution is -2.60. The molecule has 2 fully saturated rings. The summed E-state index contributed by atoms with van der Waals surface area (Å²) >= 11 is 0. The van der Waals surface area contributed by atoms with Crippen LogP contribution in [-0.2, 0) is 36.0 Å². The number of nitrogens with one attached hydrogen (secondary N) is 1. The molecule has 0 bridgehead atoms. The van der Waals surface area contributed by atoms with Crippen molar-refractivity contribution in [3.8, 4) is 0 Å². The molecule has 3 aliphatic rings. The summed E-state index contributed by atoms with van der Waals surface area (Å²) in [6.45, 7) is 5.38. The standard InChI is InChI=1S/C32H43N3O11Si/c1-17-28(47(3,4)44)22(15-23(37)35(12-13-36)16-18-8-6-5-7-9-18)46-32(17)20-14-19(10-11-21(20)34(2)31(32)43)33-29(41)27-25(39)24(38)26(40)30(42)45-27/h5-11,14,17,22,24-28,30,36,38-40,42,44H,12-13,15-16H2,1-4H3,(H,33,41)/t17-,22+,24-,25-,26+,27-,28-,30+,32+/m0/s1. The minimum Gasteiger partial charge on any atom is -0.432 e. The number of nitrogens with zero attached hydrogens (tertiary/aromatic N) is 2. The maximum atomic E-state index is 14.1. The lowest BCUT2D eigenvalue weighted by molar-refractivity contribution is -0.274. The summed E-state index contributed by atoms with van der Waals surface area (Å²) < 4.78 is 11.7. The molecule has 7 N–H and O–H groups in total. The molecule has 2 aromatic rings. The minimum absolute atomic E-state index is 0.0890. The summed E-state index contributed by atoms with van der Waals surface area (Å²) in [7, 11) is -1.51. The van der Waals surface area contributed by atoms with E-state index in [-0.39, 0.29) is 37.7 Å². The van der Waals surface area contributed by atoms with Crippen molar-refractivity contribution in [3.63, 3.8) is 0 Å². The highest BCUT2D eigenvalue weighted by molar-refractivity contribution is 6.71. The molecule has 0 unspecified atom stereocenters. The minimum atomic E-state index is -3.10. The summed E-state index contributed by atoms with van der Waals surface area (Å²) in [5.41, 5.74) is -0.191. The molecule has 47 heavy (non-hydrogen) atoms. The summed E-state index contributed by atoms with van der Waals surface area (Å²) in [5, 5.41) is 52.3. The van der Waals surface area contributed by atoms with E-state index in [0.717, 1.165) is 5.56 Å². The second-order valence-electron chi connectivity index (χ2n) is 13.1. The average molecular weight is 674 g/mol. The van der Waals surface area contributed by atoms with Crippen molar-refractivity contribution in [3.05, 3.63) is 59.7 Å². The second-order valence-corrected chi connectivity index (χ2v) is 17.1. The fourth-order valence-electron chi connectivity index (χ4n) is 7.27. The summed E-state index contributed by atoms with van der Waals surface area (Å²) in [6.07, 6.45) is -10.1. The van der Waals surface area contributed by atoms with Gasteiger partial charge in [0.25, 0.3) is 11.8 Å². The number of ether oxygens (including phenoxy) is 2.